The molecule has 0 atom stereocenters. The van der Waals surface area contributed by atoms with Crippen LogP contribution in [-0.4, -0.2) is 10.5 Å². The number of hydrogen-bond acceptors (Lipinski definition) is 2. The predicted octanol–water partition coefficient (Wildman–Crippen LogP) is 5.07. The Balaban J connectivity index is 2.00. The van der Waals surface area contributed by atoms with Gasteiger partial charge in [-0.3, -0.25) is 9.59 Å². The monoisotopic (exact) mass is 400 g/mol. The third kappa shape index (κ3) is 4.07. The molecular formula is C21H18Cl2N2O2. The summed E-state index contributed by atoms with van der Waals surface area (Å²) in [6.07, 6.45) is 0. The molecule has 0 aliphatic carbocycles. The molecular weight excluding hydrogens is 383 g/mol. The number of pyridine rings is 1. The highest BCUT2D eigenvalue weighted by Gasteiger charge is 2.19. The summed E-state index contributed by atoms with van der Waals surface area (Å²) >= 11 is 12.1. The molecule has 0 radical (unpaired) electrons. The largest absolute Gasteiger partial charge is 0.344 e. The number of benzene rings is 2. The van der Waals surface area contributed by atoms with Crippen LogP contribution >= 0.6 is 23.2 Å². The molecule has 0 fully saturated rings. The molecule has 138 valence electrons. The normalized spacial score (nSPS) is 10.7. The van der Waals surface area contributed by atoms with Crippen molar-refractivity contribution in [3.8, 4) is 0 Å². The Hall–Kier alpha value is -2.56. The lowest BCUT2D eigenvalue weighted by atomic mass is 10.1. The fraction of sp³-hybridized carbons (Fsp3) is 0.143. The molecule has 1 heterocycles. The van der Waals surface area contributed by atoms with Gasteiger partial charge in [0.25, 0.3) is 5.91 Å². The van der Waals surface area contributed by atoms with Crippen molar-refractivity contribution in [2.45, 2.75) is 20.4 Å². The van der Waals surface area contributed by atoms with Crippen molar-refractivity contribution in [2.24, 2.45) is 0 Å². The predicted molar refractivity (Wildman–Crippen MR) is 110 cm³/mol. The van der Waals surface area contributed by atoms with Crippen LogP contribution in [0, 0.1) is 13.8 Å². The highest BCUT2D eigenvalue weighted by atomic mass is 35.5. The standard InChI is InChI=1S/C21H18Cl2N2O2/c1-13-11-18(26)19(14(2)25(13)12-15-7-4-3-5-8-15)21(27)24-17-10-6-9-16(22)20(17)23/h3-11H,12H2,1-2H3,(H,24,27). The molecule has 4 nitrogen and oxygen atoms in total. The van der Waals surface area contributed by atoms with Crippen molar-refractivity contribution >= 4 is 34.8 Å². The van der Waals surface area contributed by atoms with E-state index in [0.717, 1.165) is 11.3 Å². The highest BCUT2D eigenvalue weighted by molar-refractivity contribution is 6.44. The summed E-state index contributed by atoms with van der Waals surface area (Å²) in [6.45, 7) is 4.19. The molecule has 0 unspecified atom stereocenters. The summed E-state index contributed by atoms with van der Waals surface area (Å²) < 4.78 is 1.95. The van der Waals surface area contributed by atoms with Gasteiger partial charge in [-0.05, 0) is 31.5 Å². The second kappa shape index (κ2) is 7.99. The second-order valence-electron chi connectivity index (χ2n) is 6.24. The van der Waals surface area contributed by atoms with Crippen LogP contribution in [0.25, 0.3) is 0 Å². The number of amides is 1. The van der Waals surface area contributed by atoms with Gasteiger partial charge in [0.1, 0.15) is 5.56 Å². The summed E-state index contributed by atoms with van der Waals surface area (Å²) in [5.41, 5.74) is 2.59. The van der Waals surface area contributed by atoms with Gasteiger partial charge in [0.05, 0.1) is 15.7 Å². The Kier molecular flexibility index (Phi) is 5.68. The number of nitrogens with zero attached hydrogens (tertiary/aromatic N) is 1. The van der Waals surface area contributed by atoms with Crippen LogP contribution in [0.4, 0.5) is 5.69 Å². The van der Waals surface area contributed by atoms with E-state index in [1.165, 1.54) is 6.07 Å². The van der Waals surface area contributed by atoms with Crippen molar-refractivity contribution in [1.82, 2.24) is 4.57 Å². The fourth-order valence-electron chi connectivity index (χ4n) is 2.99. The third-order valence-corrected chi connectivity index (χ3v) is 5.21. The van der Waals surface area contributed by atoms with E-state index in [1.54, 1.807) is 25.1 Å². The average Bonchev–Trinajstić information content (AvgIpc) is 2.63. The van der Waals surface area contributed by atoms with E-state index < -0.39 is 5.91 Å². The summed E-state index contributed by atoms with van der Waals surface area (Å²) in [5.74, 6) is -0.511. The molecule has 27 heavy (non-hydrogen) atoms. The van der Waals surface area contributed by atoms with Gasteiger partial charge in [0.15, 0.2) is 5.43 Å². The smallest absolute Gasteiger partial charge is 0.261 e. The molecule has 3 rings (SSSR count). The van der Waals surface area contributed by atoms with Gasteiger partial charge in [0.2, 0.25) is 0 Å². The quantitative estimate of drug-likeness (QED) is 0.664. The van der Waals surface area contributed by atoms with Crippen molar-refractivity contribution in [3.05, 3.63) is 97.4 Å². The van der Waals surface area contributed by atoms with E-state index >= 15 is 0 Å². The SMILES string of the molecule is Cc1cc(=O)c(C(=O)Nc2cccc(Cl)c2Cl)c(C)n1Cc1ccccc1. The Labute approximate surface area is 167 Å². The van der Waals surface area contributed by atoms with Crippen molar-refractivity contribution in [2.75, 3.05) is 5.32 Å². The van der Waals surface area contributed by atoms with Gasteiger partial charge in [-0.25, -0.2) is 0 Å². The Morgan fingerprint density at radius 3 is 2.44 bits per heavy atom. The maximum Gasteiger partial charge on any atom is 0.261 e. The number of carbonyl (C=O) groups is 1. The van der Waals surface area contributed by atoms with Crippen LogP contribution < -0.4 is 10.7 Å². The van der Waals surface area contributed by atoms with Crippen LogP contribution in [0.5, 0.6) is 0 Å². The van der Waals surface area contributed by atoms with E-state index in [1.807, 2.05) is 41.8 Å². The highest BCUT2D eigenvalue weighted by Crippen LogP contribution is 2.29. The Bertz CT molecular complexity index is 1060. The summed E-state index contributed by atoms with van der Waals surface area (Å²) in [5, 5.41) is 3.26. The van der Waals surface area contributed by atoms with Gasteiger partial charge in [-0.15, -0.1) is 0 Å². The van der Waals surface area contributed by atoms with Gasteiger partial charge in [-0.1, -0.05) is 59.6 Å². The van der Waals surface area contributed by atoms with Crippen LogP contribution in [0.15, 0.2) is 59.4 Å². The number of aromatic nitrogens is 1. The molecule has 0 bridgehead atoms. The van der Waals surface area contributed by atoms with Gasteiger partial charge in [0, 0.05) is 24.0 Å². The fourth-order valence-corrected chi connectivity index (χ4v) is 3.34. The molecule has 1 amide bonds. The Morgan fingerprint density at radius 1 is 1.04 bits per heavy atom. The second-order valence-corrected chi connectivity index (χ2v) is 7.02. The van der Waals surface area contributed by atoms with E-state index in [9.17, 15) is 9.59 Å². The van der Waals surface area contributed by atoms with Crippen LogP contribution in [0.3, 0.4) is 0 Å². The maximum absolute atomic E-state index is 12.8. The van der Waals surface area contributed by atoms with Crippen LogP contribution in [-0.2, 0) is 6.54 Å². The lowest BCUT2D eigenvalue weighted by molar-refractivity contribution is 0.102. The molecule has 1 aromatic heterocycles. The molecule has 0 saturated carbocycles. The molecule has 0 saturated heterocycles. The molecule has 1 N–H and O–H groups in total. The van der Waals surface area contributed by atoms with Crippen LogP contribution in [0.1, 0.15) is 27.3 Å². The minimum atomic E-state index is -0.511. The first-order valence-corrected chi connectivity index (χ1v) is 9.14. The first-order chi connectivity index (χ1) is 12.9. The van der Waals surface area contributed by atoms with Gasteiger partial charge < -0.3 is 9.88 Å². The number of halogens is 2. The number of anilines is 1. The first kappa shape index (κ1) is 19.2. The topological polar surface area (TPSA) is 51.1 Å². The van der Waals surface area contributed by atoms with E-state index in [-0.39, 0.29) is 16.0 Å². The van der Waals surface area contributed by atoms with E-state index in [4.69, 9.17) is 23.2 Å². The Morgan fingerprint density at radius 2 is 1.74 bits per heavy atom. The molecule has 0 aliphatic rings. The first-order valence-electron chi connectivity index (χ1n) is 8.39. The van der Waals surface area contributed by atoms with Crippen molar-refractivity contribution in [1.29, 1.82) is 0 Å². The number of hydrogen-bond donors (Lipinski definition) is 1. The number of rotatable bonds is 4. The third-order valence-electron chi connectivity index (χ3n) is 4.39. The summed E-state index contributed by atoms with van der Waals surface area (Å²) in [6, 6.07) is 16.3. The zero-order valence-corrected chi connectivity index (χ0v) is 16.4. The average molecular weight is 401 g/mol. The van der Waals surface area contributed by atoms with E-state index in [0.29, 0.717) is 22.9 Å². The summed E-state index contributed by atoms with van der Waals surface area (Å²) in [4.78, 5) is 25.3. The summed E-state index contributed by atoms with van der Waals surface area (Å²) in [7, 11) is 0. The van der Waals surface area contributed by atoms with Crippen molar-refractivity contribution < 1.29 is 4.79 Å². The van der Waals surface area contributed by atoms with Crippen LogP contribution in [0.2, 0.25) is 10.0 Å². The lowest BCUT2D eigenvalue weighted by Crippen LogP contribution is -2.27. The number of carbonyl (C=O) groups excluding carboxylic acids is 1. The zero-order valence-electron chi connectivity index (χ0n) is 14.9. The van der Waals surface area contributed by atoms with Gasteiger partial charge in [-0.2, -0.15) is 0 Å². The minimum Gasteiger partial charge on any atom is -0.344 e. The van der Waals surface area contributed by atoms with Gasteiger partial charge >= 0.3 is 0 Å². The zero-order chi connectivity index (χ0) is 19.6. The molecule has 2 aromatic carbocycles. The molecule has 6 heteroatoms. The number of nitrogens with one attached hydrogen (secondary N) is 1. The minimum absolute atomic E-state index is 0.0903. The maximum atomic E-state index is 12.8. The lowest BCUT2D eigenvalue weighted by Gasteiger charge is -2.18. The number of aryl methyl sites for hydroxylation is 1. The van der Waals surface area contributed by atoms with Crippen molar-refractivity contribution in [3.63, 3.8) is 0 Å². The molecule has 3 aromatic rings. The molecule has 0 aliphatic heterocycles. The van der Waals surface area contributed by atoms with E-state index in [2.05, 4.69) is 5.32 Å². The molecule has 0 spiro atoms.